The van der Waals surface area contributed by atoms with E-state index in [0.717, 1.165) is 74.3 Å². The van der Waals surface area contributed by atoms with Gasteiger partial charge in [0.05, 0.1) is 11.7 Å². The lowest BCUT2D eigenvalue weighted by Crippen LogP contribution is -2.35. The van der Waals surface area contributed by atoms with Gasteiger partial charge in [0.1, 0.15) is 0 Å². The number of nitrogens with one attached hydrogen (secondary N) is 2. The highest BCUT2D eigenvalue weighted by molar-refractivity contribution is 8.00. The number of carbonyl (C=O) groups is 2. The first kappa shape index (κ1) is 33.4. The lowest BCUT2D eigenvalue weighted by Gasteiger charge is -2.15. The van der Waals surface area contributed by atoms with Crippen molar-refractivity contribution in [3.8, 4) is 0 Å². The molecule has 0 saturated carbocycles. The topological polar surface area (TPSA) is 78.4 Å². The Bertz CT molecular complexity index is 690. The van der Waals surface area contributed by atoms with E-state index < -0.39 is 11.2 Å². The quantitative estimate of drug-likeness (QED) is 0.0655. The number of carbonyl (C=O) groups excluding carboxylic acids is 1. The molecule has 35 heavy (non-hydrogen) atoms. The van der Waals surface area contributed by atoms with E-state index in [0.29, 0.717) is 6.54 Å². The van der Waals surface area contributed by atoms with Crippen molar-refractivity contribution in [1.82, 2.24) is 10.6 Å². The number of allylic oxidation sites excluding steroid dienone is 5. The Hall–Kier alpha value is -1.60. The smallest absolute Gasteiger partial charge is 0.305 e. The zero-order valence-electron chi connectivity index (χ0n) is 21.9. The van der Waals surface area contributed by atoms with Gasteiger partial charge in [-0.2, -0.15) is 0 Å². The number of aliphatic carboxylic acids is 1. The van der Waals surface area contributed by atoms with Crippen molar-refractivity contribution in [2.75, 3.05) is 18.8 Å². The molecule has 0 spiro atoms. The SMILES string of the molecule is C=C/C(S)=C\C(=C/C)CCCNC(=C)CCCCCNC(=O)C(CC(=O)O)SCCCCCCC. The zero-order chi connectivity index (χ0) is 26.3. The maximum atomic E-state index is 12.4. The van der Waals surface area contributed by atoms with E-state index in [1.165, 1.54) is 36.6 Å². The number of hydrogen-bond acceptors (Lipinski definition) is 5. The first-order valence-corrected chi connectivity index (χ1v) is 14.5. The monoisotopic (exact) mass is 524 g/mol. The summed E-state index contributed by atoms with van der Waals surface area (Å²) < 4.78 is 0. The van der Waals surface area contributed by atoms with Crippen LogP contribution in [0.25, 0.3) is 0 Å². The molecule has 1 amide bonds. The molecule has 1 unspecified atom stereocenters. The van der Waals surface area contributed by atoms with Gasteiger partial charge in [-0.1, -0.05) is 69.9 Å². The minimum Gasteiger partial charge on any atom is -0.481 e. The highest BCUT2D eigenvalue weighted by atomic mass is 32.2. The van der Waals surface area contributed by atoms with E-state index in [1.54, 1.807) is 6.08 Å². The van der Waals surface area contributed by atoms with Gasteiger partial charge in [0.25, 0.3) is 0 Å². The molecule has 0 bridgehead atoms. The molecule has 7 heteroatoms. The molecule has 0 aliphatic rings. The molecule has 0 radical (unpaired) electrons. The Kier molecular flexibility index (Phi) is 21.8. The Morgan fingerprint density at radius 1 is 1.00 bits per heavy atom. The van der Waals surface area contributed by atoms with Gasteiger partial charge in [-0.05, 0) is 57.3 Å². The second-order valence-corrected chi connectivity index (χ2v) is 10.6. The number of carboxylic acids is 1. The molecule has 3 N–H and O–H groups in total. The highest BCUT2D eigenvalue weighted by Gasteiger charge is 2.21. The van der Waals surface area contributed by atoms with Crippen molar-refractivity contribution in [3.63, 3.8) is 0 Å². The lowest BCUT2D eigenvalue weighted by atomic mass is 10.1. The summed E-state index contributed by atoms with van der Waals surface area (Å²) in [4.78, 5) is 24.5. The standard InChI is InChI=1S/C28H48N2O3S2/c1-5-8-9-10-14-20-35-26(22-27(31)32)28(33)30-18-13-11-12-16-23(4)29-19-15-17-24(6-2)21-25(34)7-3/h6-7,21,26,29,34H,3-5,8-20,22H2,1-2H3,(H,30,33)(H,31,32)/b24-6-,25-21+. The van der Waals surface area contributed by atoms with E-state index in [9.17, 15) is 9.59 Å². The minimum atomic E-state index is -0.920. The molecule has 0 fully saturated rings. The van der Waals surface area contributed by atoms with Crippen LogP contribution >= 0.6 is 24.4 Å². The molecule has 0 aromatic rings. The zero-order valence-corrected chi connectivity index (χ0v) is 23.7. The molecule has 5 nitrogen and oxygen atoms in total. The molecular weight excluding hydrogens is 476 g/mol. The van der Waals surface area contributed by atoms with E-state index in [2.05, 4.69) is 49.4 Å². The number of thioether (sulfide) groups is 1. The summed E-state index contributed by atoms with van der Waals surface area (Å²) in [6.45, 7) is 13.5. The second kappa shape index (κ2) is 22.8. The number of thiol groups is 1. The van der Waals surface area contributed by atoms with Crippen molar-refractivity contribution < 1.29 is 14.7 Å². The Morgan fingerprint density at radius 3 is 2.34 bits per heavy atom. The van der Waals surface area contributed by atoms with E-state index in [4.69, 9.17) is 5.11 Å². The van der Waals surface area contributed by atoms with Gasteiger partial charge in [0.15, 0.2) is 0 Å². The molecule has 0 aromatic heterocycles. The van der Waals surface area contributed by atoms with Gasteiger partial charge in [-0.3, -0.25) is 9.59 Å². The van der Waals surface area contributed by atoms with Crippen LogP contribution in [-0.2, 0) is 9.59 Å². The average Bonchev–Trinajstić information content (AvgIpc) is 2.83. The molecule has 0 aliphatic heterocycles. The Morgan fingerprint density at radius 2 is 1.69 bits per heavy atom. The van der Waals surface area contributed by atoms with Gasteiger partial charge in [-0.15, -0.1) is 24.4 Å². The van der Waals surface area contributed by atoms with Gasteiger partial charge in [0.2, 0.25) is 5.91 Å². The van der Waals surface area contributed by atoms with Crippen LogP contribution in [0.5, 0.6) is 0 Å². The third-order valence-electron chi connectivity index (χ3n) is 5.60. The number of carboxylic acid groups (broad SMARTS) is 1. The number of hydrogen-bond donors (Lipinski definition) is 4. The van der Waals surface area contributed by atoms with Gasteiger partial charge in [0, 0.05) is 23.7 Å². The lowest BCUT2D eigenvalue weighted by molar-refractivity contribution is -0.138. The van der Waals surface area contributed by atoms with Crippen LogP contribution in [0.3, 0.4) is 0 Å². The van der Waals surface area contributed by atoms with Gasteiger partial charge >= 0.3 is 5.97 Å². The van der Waals surface area contributed by atoms with Crippen LogP contribution in [0.2, 0.25) is 0 Å². The predicted octanol–water partition coefficient (Wildman–Crippen LogP) is 7.04. The number of unbranched alkanes of at least 4 members (excludes halogenated alkanes) is 6. The van der Waals surface area contributed by atoms with E-state index in [-0.39, 0.29) is 12.3 Å². The third kappa shape index (κ3) is 20.3. The number of amides is 1. The Balaban J connectivity index is 3.97. The summed E-state index contributed by atoms with van der Waals surface area (Å²) in [5.41, 5.74) is 2.30. The van der Waals surface area contributed by atoms with Crippen molar-refractivity contribution in [2.45, 2.75) is 96.1 Å². The molecule has 0 saturated heterocycles. The van der Waals surface area contributed by atoms with Crippen molar-refractivity contribution in [1.29, 1.82) is 0 Å². The third-order valence-corrected chi connectivity index (χ3v) is 7.22. The maximum Gasteiger partial charge on any atom is 0.305 e. The minimum absolute atomic E-state index is 0.118. The molecule has 0 aromatic carbocycles. The van der Waals surface area contributed by atoms with Crippen molar-refractivity contribution in [3.05, 3.63) is 47.6 Å². The van der Waals surface area contributed by atoms with Crippen LogP contribution in [0.15, 0.2) is 47.6 Å². The first-order valence-electron chi connectivity index (χ1n) is 13.0. The molecular formula is C28H48N2O3S2. The highest BCUT2D eigenvalue weighted by Crippen LogP contribution is 2.18. The molecule has 0 rings (SSSR count). The number of rotatable bonds is 23. The fraction of sp³-hybridized carbons (Fsp3) is 0.643. The summed E-state index contributed by atoms with van der Waals surface area (Å²) in [6.07, 6.45) is 17.4. The van der Waals surface area contributed by atoms with Crippen molar-refractivity contribution in [2.24, 2.45) is 0 Å². The second-order valence-electron chi connectivity index (χ2n) is 8.74. The van der Waals surface area contributed by atoms with Crippen LogP contribution in [0, 0.1) is 0 Å². The summed E-state index contributed by atoms with van der Waals surface area (Å²) in [5.74, 6) is -0.232. The fourth-order valence-electron chi connectivity index (χ4n) is 3.48. The molecule has 0 aliphatic carbocycles. The summed E-state index contributed by atoms with van der Waals surface area (Å²) in [7, 11) is 0. The van der Waals surface area contributed by atoms with E-state index >= 15 is 0 Å². The average molecular weight is 525 g/mol. The van der Waals surface area contributed by atoms with Crippen LogP contribution in [0.4, 0.5) is 0 Å². The first-order chi connectivity index (χ1) is 16.8. The molecule has 1 atom stereocenters. The maximum absolute atomic E-state index is 12.4. The van der Waals surface area contributed by atoms with Crippen molar-refractivity contribution >= 4 is 36.3 Å². The van der Waals surface area contributed by atoms with Gasteiger partial charge in [-0.25, -0.2) is 0 Å². The summed E-state index contributed by atoms with van der Waals surface area (Å²) >= 11 is 5.83. The molecule has 0 heterocycles. The van der Waals surface area contributed by atoms with Gasteiger partial charge < -0.3 is 15.7 Å². The van der Waals surface area contributed by atoms with Crippen LogP contribution < -0.4 is 10.6 Å². The Labute approximate surface area is 223 Å². The van der Waals surface area contributed by atoms with Crippen LogP contribution in [0.1, 0.15) is 90.9 Å². The largest absolute Gasteiger partial charge is 0.481 e. The normalized spacial score (nSPS) is 12.8. The van der Waals surface area contributed by atoms with E-state index in [1.807, 2.05) is 13.0 Å². The summed E-state index contributed by atoms with van der Waals surface area (Å²) in [6, 6.07) is 0. The summed E-state index contributed by atoms with van der Waals surface area (Å²) in [5, 5.41) is 15.0. The predicted molar refractivity (Wildman–Crippen MR) is 156 cm³/mol. The van der Waals surface area contributed by atoms with Crippen LogP contribution in [-0.4, -0.2) is 41.1 Å². The fourth-order valence-corrected chi connectivity index (χ4v) is 4.79. The molecule has 200 valence electrons.